The van der Waals surface area contributed by atoms with Crippen molar-refractivity contribution in [3.63, 3.8) is 0 Å². The van der Waals surface area contributed by atoms with Gasteiger partial charge in [-0.3, -0.25) is 4.90 Å². The molecule has 2 aliphatic heterocycles. The second-order valence-corrected chi connectivity index (χ2v) is 7.60. The number of nitrogens with zero attached hydrogens (tertiary/aromatic N) is 1. The van der Waals surface area contributed by atoms with Gasteiger partial charge >= 0.3 is 0 Å². The van der Waals surface area contributed by atoms with Gasteiger partial charge in [-0.25, -0.2) is 0 Å². The normalized spacial score (nSPS) is 35.0. The van der Waals surface area contributed by atoms with Crippen LogP contribution in [0.1, 0.15) is 58.8 Å². The highest BCUT2D eigenvalue weighted by Crippen LogP contribution is 2.34. The van der Waals surface area contributed by atoms with Gasteiger partial charge in [-0.15, -0.1) is 0 Å². The molecule has 3 rings (SSSR count). The van der Waals surface area contributed by atoms with Crippen LogP contribution in [0.4, 0.5) is 0 Å². The van der Waals surface area contributed by atoms with Gasteiger partial charge in [0.2, 0.25) is 0 Å². The largest absolute Gasteiger partial charge is 0.377 e. The number of piperazine rings is 1. The SMILES string of the molecule is CC(C)C1CNC2(CCCC2)CN1CC1CCCCO1. The van der Waals surface area contributed by atoms with Crippen LogP contribution in [0.5, 0.6) is 0 Å². The summed E-state index contributed by atoms with van der Waals surface area (Å²) in [6.45, 7) is 9.29. The summed E-state index contributed by atoms with van der Waals surface area (Å²) in [7, 11) is 0. The zero-order valence-corrected chi connectivity index (χ0v) is 13.4. The van der Waals surface area contributed by atoms with E-state index in [1.54, 1.807) is 0 Å². The molecule has 0 aromatic heterocycles. The lowest BCUT2D eigenvalue weighted by Gasteiger charge is -2.49. The molecule has 0 radical (unpaired) electrons. The smallest absolute Gasteiger partial charge is 0.0702 e. The fourth-order valence-electron chi connectivity index (χ4n) is 4.47. The Morgan fingerprint density at radius 2 is 2.00 bits per heavy atom. The Bertz CT molecular complexity index is 306. The summed E-state index contributed by atoms with van der Waals surface area (Å²) in [5, 5.41) is 3.91. The fraction of sp³-hybridized carbons (Fsp3) is 1.00. The van der Waals surface area contributed by atoms with Crippen LogP contribution in [-0.2, 0) is 4.74 Å². The summed E-state index contributed by atoms with van der Waals surface area (Å²) in [6, 6.07) is 0.687. The van der Waals surface area contributed by atoms with E-state index >= 15 is 0 Å². The van der Waals surface area contributed by atoms with E-state index in [4.69, 9.17) is 4.74 Å². The van der Waals surface area contributed by atoms with E-state index < -0.39 is 0 Å². The summed E-state index contributed by atoms with van der Waals surface area (Å²) in [5.41, 5.74) is 0.431. The van der Waals surface area contributed by atoms with Crippen LogP contribution < -0.4 is 5.32 Å². The summed E-state index contributed by atoms with van der Waals surface area (Å²) in [5.74, 6) is 0.727. The third kappa shape index (κ3) is 3.20. The minimum atomic E-state index is 0.431. The second kappa shape index (κ2) is 6.33. The van der Waals surface area contributed by atoms with Crippen LogP contribution >= 0.6 is 0 Å². The number of ether oxygens (including phenoxy) is 1. The molecule has 0 aromatic rings. The number of hydrogen-bond acceptors (Lipinski definition) is 3. The van der Waals surface area contributed by atoms with E-state index in [1.807, 2.05) is 0 Å². The Morgan fingerprint density at radius 1 is 1.20 bits per heavy atom. The predicted molar refractivity (Wildman–Crippen MR) is 83.0 cm³/mol. The first-order chi connectivity index (χ1) is 9.69. The lowest BCUT2D eigenvalue weighted by molar-refractivity contribution is -0.0359. The molecule has 1 aliphatic carbocycles. The van der Waals surface area contributed by atoms with E-state index in [0.29, 0.717) is 17.7 Å². The van der Waals surface area contributed by atoms with Crippen molar-refractivity contribution in [3.05, 3.63) is 0 Å². The molecule has 0 bridgehead atoms. The Labute approximate surface area is 124 Å². The van der Waals surface area contributed by atoms with Crippen molar-refractivity contribution in [2.24, 2.45) is 5.92 Å². The van der Waals surface area contributed by atoms with Gasteiger partial charge in [0.25, 0.3) is 0 Å². The lowest BCUT2D eigenvalue weighted by atomic mass is 9.88. The third-order valence-corrected chi connectivity index (χ3v) is 5.70. The van der Waals surface area contributed by atoms with E-state index in [0.717, 1.165) is 19.1 Å². The molecule has 1 N–H and O–H groups in total. The van der Waals surface area contributed by atoms with Crippen molar-refractivity contribution in [2.75, 3.05) is 26.2 Å². The van der Waals surface area contributed by atoms with Crippen molar-refractivity contribution in [1.29, 1.82) is 0 Å². The summed E-state index contributed by atoms with van der Waals surface area (Å²) in [6.07, 6.45) is 9.94. The summed E-state index contributed by atoms with van der Waals surface area (Å²) >= 11 is 0. The van der Waals surface area contributed by atoms with Crippen LogP contribution in [0.25, 0.3) is 0 Å². The topological polar surface area (TPSA) is 24.5 Å². The maximum Gasteiger partial charge on any atom is 0.0702 e. The van der Waals surface area contributed by atoms with Crippen LogP contribution in [0.2, 0.25) is 0 Å². The quantitative estimate of drug-likeness (QED) is 0.860. The average molecular weight is 280 g/mol. The second-order valence-electron chi connectivity index (χ2n) is 7.60. The maximum atomic E-state index is 6.00. The van der Waals surface area contributed by atoms with Crippen LogP contribution in [0.15, 0.2) is 0 Å². The molecule has 2 heterocycles. The zero-order valence-electron chi connectivity index (χ0n) is 13.4. The highest BCUT2D eigenvalue weighted by Gasteiger charge is 2.42. The van der Waals surface area contributed by atoms with Crippen LogP contribution in [0, 0.1) is 5.92 Å². The van der Waals surface area contributed by atoms with E-state index in [2.05, 4.69) is 24.1 Å². The molecule has 3 aliphatic rings. The van der Waals surface area contributed by atoms with Crippen molar-refractivity contribution >= 4 is 0 Å². The van der Waals surface area contributed by atoms with E-state index in [-0.39, 0.29) is 0 Å². The molecule has 0 amide bonds. The van der Waals surface area contributed by atoms with Gasteiger partial charge in [-0.05, 0) is 38.0 Å². The average Bonchev–Trinajstić information content (AvgIpc) is 2.88. The number of nitrogens with one attached hydrogen (secondary N) is 1. The summed E-state index contributed by atoms with van der Waals surface area (Å²) in [4.78, 5) is 2.77. The van der Waals surface area contributed by atoms with Gasteiger partial charge in [0, 0.05) is 37.8 Å². The molecule has 1 saturated carbocycles. The Hall–Kier alpha value is -0.120. The maximum absolute atomic E-state index is 6.00. The Morgan fingerprint density at radius 3 is 2.65 bits per heavy atom. The highest BCUT2D eigenvalue weighted by atomic mass is 16.5. The van der Waals surface area contributed by atoms with Gasteiger partial charge in [-0.1, -0.05) is 26.7 Å². The minimum absolute atomic E-state index is 0.431. The first-order valence-electron chi connectivity index (χ1n) is 8.79. The van der Waals surface area contributed by atoms with E-state index in [9.17, 15) is 0 Å². The Kier molecular flexibility index (Phi) is 4.68. The molecular weight excluding hydrogens is 248 g/mol. The molecule has 2 saturated heterocycles. The third-order valence-electron chi connectivity index (χ3n) is 5.70. The monoisotopic (exact) mass is 280 g/mol. The molecule has 0 aromatic carbocycles. The van der Waals surface area contributed by atoms with Crippen molar-refractivity contribution in [3.8, 4) is 0 Å². The Balaban J connectivity index is 1.65. The van der Waals surface area contributed by atoms with Gasteiger partial charge in [0.1, 0.15) is 0 Å². The van der Waals surface area contributed by atoms with Crippen molar-refractivity contribution in [1.82, 2.24) is 10.2 Å². The molecule has 20 heavy (non-hydrogen) atoms. The molecule has 2 atom stereocenters. The first-order valence-corrected chi connectivity index (χ1v) is 8.79. The van der Waals surface area contributed by atoms with Gasteiger partial charge < -0.3 is 10.1 Å². The minimum Gasteiger partial charge on any atom is -0.377 e. The van der Waals surface area contributed by atoms with Gasteiger partial charge in [-0.2, -0.15) is 0 Å². The van der Waals surface area contributed by atoms with Crippen LogP contribution in [-0.4, -0.2) is 48.8 Å². The standard InChI is InChI=1S/C17H32N2O/c1-14(2)16-11-18-17(8-4-5-9-17)13-19(16)12-15-7-3-6-10-20-15/h14-16,18H,3-13H2,1-2H3. The van der Waals surface area contributed by atoms with Crippen molar-refractivity contribution in [2.45, 2.75) is 76.5 Å². The molecule has 3 nitrogen and oxygen atoms in total. The molecule has 3 heteroatoms. The van der Waals surface area contributed by atoms with E-state index in [1.165, 1.54) is 58.0 Å². The van der Waals surface area contributed by atoms with Crippen molar-refractivity contribution < 1.29 is 4.74 Å². The molecule has 3 fully saturated rings. The van der Waals surface area contributed by atoms with Gasteiger partial charge in [0.05, 0.1) is 6.10 Å². The molecular formula is C17H32N2O. The fourth-order valence-corrected chi connectivity index (χ4v) is 4.47. The zero-order chi connectivity index (χ0) is 14.0. The molecule has 116 valence electrons. The molecule has 1 spiro atoms. The van der Waals surface area contributed by atoms with Gasteiger partial charge in [0.15, 0.2) is 0 Å². The molecule has 2 unspecified atom stereocenters. The lowest BCUT2D eigenvalue weighted by Crippen LogP contribution is -2.65. The summed E-state index contributed by atoms with van der Waals surface area (Å²) < 4.78 is 6.00. The number of rotatable bonds is 3. The number of hydrogen-bond donors (Lipinski definition) is 1. The van der Waals surface area contributed by atoms with Crippen LogP contribution in [0.3, 0.4) is 0 Å². The predicted octanol–water partition coefficient (Wildman–Crippen LogP) is 2.80. The first kappa shape index (κ1) is 14.8. The highest BCUT2D eigenvalue weighted by molar-refractivity contribution is 5.01.